The number of rotatable bonds is 7. The van der Waals surface area contributed by atoms with E-state index in [9.17, 15) is 9.59 Å². The van der Waals surface area contributed by atoms with Crippen molar-refractivity contribution in [3.63, 3.8) is 0 Å². The molecule has 2 N–H and O–H groups in total. The van der Waals surface area contributed by atoms with Crippen molar-refractivity contribution in [3.05, 3.63) is 59.7 Å². The van der Waals surface area contributed by atoms with Gasteiger partial charge in [0.25, 0.3) is 0 Å². The van der Waals surface area contributed by atoms with E-state index in [2.05, 4.69) is 10.6 Å². The molecule has 0 aromatic heterocycles. The first-order valence-corrected chi connectivity index (χ1v) is 8.43. The van der Waals surface area contributed by atoms with Crippen LogP contribution in [0, 0.1) is 0 Å². The highest BCUT2D eigenvalue weighted by atomic mass is 16.5. The van der Waals surface area contributed by atoms with Crippen LogP contribution in [0.4, 0.5) is 0 Å². The maximum atomic E-state index is 12.0. The third-order valence-electron chi connectivity index (χ3n) is 3.61. The van der Waals surface area contributed by atoms with Gasteiger partial charge in [0.2, 0.25) is 0 Å². The van der Waals surface area contributed by atoms with Crippen molar-refractivity contribution in [2.24, 2.45) is 0 Å². The van der Waals surface area contributed by atoms with Gasteiger partial charge in [0.15, 0.2) is 0 Å². The number of carbonyl (C=O) groups excluding carboxylic acids is 2. The zero-order chi connectivity index (χ0) is 18.9. The summed E-state index contributed by atoms with van der Waals surface area (Å²) in [6, 6.07) is 14.7. The van der Waals surface area contributed by atoms with Crippen LogP contribution in [0.2, 0.25) is 0 Å². The lowest BCUT2D eigenvalue weighted by Crippen LogP contribution is -2.39. The number of para-hydroxylation sites is 2. The first kappa shape index (κ1) is 19.3. The third kappa shape index (κ3) is 5.51. The summed E-state index contributed by atoms with van der Waals surface area (Å²) in [6.07, 6.45) is 0.0241. The second-order valence-corrected chi connectivity index (χ2v) is 5.95. The van der Waals surface area contributed by atoms with Gasteiger partial charge in [0.05, 0.1) is 13.2 Å². The summed E-state index contributed by atoms with van der Waals surface area (Å²) in [6.45, 7) is 4.29. The van der Waals surface area contributed by atoms with Crippen LogP contribution in [-0.2, 0) is 22.7 Å². The standard InChI is InChI=1S/C20H24N2O4/c1-14(2)26-18-11-7-5-9-16(18)13-22-20(24)19(23)21-12-15-8-4-6-10-17(15)25-3/h4-11,14H,12-13H2,1-3H3,(H,21,23)(H,22,24). The van der Waals surface area contributed by atoms with Crippen LogP contribution in [0.15, 0.2) is 48.5 Å². The second kappa shape index (κ2) is 9.46. The van der Waals surface area contributed by atoms with Crippen molar-refractivity contribution >= 4 is 11.8 Å². The maximum absolute atomic E-state index is 12.0. The van der Waals surface area contributed by atoms with Crippen molar-refractivity contribution in [2.75, 3.05) is 7.11 Å². The zero-order valence-corrected chi connectivity index (χ0v) is 15.2. The molecule has 138 valence electrons. The van der Waals surface area contributed by atoms with Gasteiger partial charge in [0, 0.05) is 24.2 Å². The lowest BCUT2D eigenvalue weighted by molar-refractivity contribution is -0.139. The maximum Gasteiger partial charge on any atom is 0.309 e. The molecule has 0 saturated heterocycles. The Kier molecular flexibility index (Phi) is 7.02. The first-order chi connectivity index (χ1) is 12.5. The van der Waals surface area contributed by atoms with Crippen LogP contribution in [0.5, 0.6) is 11.5 Å². The molecule has 2 aromatic rings. The highest BCUT2D eigenvalue weighted by Gasteiger charge is 2.15. The number of ether oxygens (including phenoxy) is 2. The Balaban J connectivity index is 1.89. The lowest BCUT2D eigenvalue weighted by atomic mass is 10.2. The minimum atomic E-state index is -0.696. The Hall–Kier alpha value is -3.02. The Morgan fingerprint density at radius 1 is 0.846 bits per heavy atom. The summed E-state index contributed by atoms with van der Waals surface area (Å²) in [5.41, 5.74) is 1.61. The topological polar surface area (TPSA) is 76.7 Å². The van der Waals surface area contributed by atoms with Crippen LogP contribution < -0.4 is 20.1 Å². The Morgan fingerprint density at radius 2 is 1.31 bits per heavy atom. The molecule has 0 aliphatic heterocycles. The molecule has 0 saturated carbocycles. The summed E-state index contributed by atoms with van der Waals surface area (Å²) >= 11 is 0. The van der Waals surface area contributed by atoms with Gasteiger partial charge in [-0.05, 0) is 26.0 Å². The molecule has 0 bridgehead atoms. The lowest BCUT2D eigenvalue weighted by Gasteiger charge is -2.14. The Labute approximate surface area is 153 Å². The number of methoxy groups -OCH3 is 1. The average Bonchev–Trinajstić information content (AvgIpc) is 2.64. The van der Waals surface area contributed by atoms with Crippen molar-refractivity contribution in [2.45, 2.75) is 33.0 Å². The Morgan fingerprint density at radius 3 is 1.81 bits per heavy atom. The molecule has 6 nitrogen and oxygen atoms in total. The number of carbonyl (C=O) groups is 2. The summed E-state index contributed by atoms with van der Waals surface area (Å²) in [7, 11) is 1.56. The van der Waals surface area contributed by atoms with Crippen LogP contribution in [0.25, 0.3) is 0 Å². The summed E-state index contributed by atoms with van der Waals surface area (Å²) in [5, 5.41) is 5.21. The van der Waals surface area contributed by atoms with E-state index in [0.717, 1.165) is 11.1 Å². The van der Waals surface area contributed by atoms with Crippen molar-refractivity contribution in [3.8, 4) is 11.5 Å². The van der Waals surface area contributed by atoms with E-state index < -0.39 is 11.8 Å². The number of benzene rings is 2. The van der Waals surface area contributed by atoms with Crippen molar-refractivity contribution in [1.82, 2.24) is 10.6 Å². The molecule has 0 radical (unpaired) electrons. The van der Waals surface area contributed by atoms with E-state index in [1.807, 2.05) is 56.3 Å². The molecular weight excluding hydrogens is 332 g/mol. The molecule has 0 fully saturated rings. The minimum absolute atomic E-state index is 0.0241. The van der Waals surface area contributed by atoms with E-state index >= 15 is 0 Å². The number of hydrogen-bond acceptors (Lipinski definition) is 4. The molecular formula is C20H24N2O4. The number of nitrogens with one attached hydrogen (secondary N) is 2. The molecule has 2 aromatic carbocycles. The molecule has 0 heterocycles. The van der Waals surface area contributed by atoms with Crippen LogP contribution in [-0.4, -0.2) is 25.0 Å². The largest absolute Gasteiger partial charge is 0.496 e. The van der Waals surface area contributed by atoms with Crippen molar-refractivity contribution < 1.29 is 19.1 Å². The predicted molar refractivity (Wildman–Crippen MR) is 98.9 cm³/mol. The highest BCUT2D eigenvalue weighted by Crippen LogP contribution is 2.19. The number of hydrogen-bond donors (Lipinski definition) is 2. The summed E-state index contributed by atoms with van der Waals surface area (Å²) < 4.78 is 10.9. The van der Waals surface area contributed by atoms with Crippen LogP contribution in [0.1, 0.15) is 25.0 Å². The fourth-order valence-electron chi connectivity index (χ4n) is 2.38. The predicted octanol–water partition coefficient (Wildman–Crippen LogP) is 2.42. The number of amides is 2. The van der Waals surface area contributed by atoms with Gasteiger partial charge < -0.3 is 20.1 Å². The van der Waals surface area contributed by atoms with Gasteiger partial charge >= 0.3 is 11.8 Å². The van der Waals surface area contributed by atoms with E-state index in [1.54, 1.807) is 13.2 Å². The van der Waals surface area contributed by atoms with Gasteiger partial charge in [-0.1, -0.05) is 36.4 Å². The summed E-state index contributed by atoms with van der Waals surface area (Å²) in [4.78, 5) is 24.0. The zero-order valence-electron chi connectivity index (χ0n) is 15.2. The molecule has 0 aliphatic carbocycles. The molecule has 0 unspecified atom stereocenters. The van der Waals surface area contributed by atoms with E-state index in [1.165, 1.54) is 0 Å². The van der Waals surface area contributed by atoms with E-state index in [4.69, 9.17) is 9.47 Å². The smallest absolute Gasteiger partial charge is 0.309 e. The second-order valence-electron chi connectivity index (χ2n) is 5.95. The fourth-order valence-corrected chi connectivity index (χ4v) is 2.38. The summed E-state index contributed by atoms with van der Waals surface area (Å²) in [5.74, 6) is -0.0392. The normalized spacial score (nSPS) is 10.3. The fraction of sp³-hybridized carbons (Fsp3) is 0.300. The molecule has 6 heteroatoms. The minimum Gasteiger partial charge on any atom is -0.496 e. The monoisotopic (exact) mass is 356 g/mol. The van der Waals surface area contributed by atoms with Gasteiger partial charge in [-0.25, -0.2) is 0 Å². The molecule has 2 amide bonds. The third-order valence-corrected chi connectivity index (χ3v) is 3.61. The quantitative estimate of drug-likeness (QED) is 0.747. The average molecular weight is 356 g/mol. The molecule has 2 rings (SSSR count). The van der Waals surface area contributed by atoms with E-state index in [-0.39, 0.29) is 19.2 Å². The Bertz CT molecular complexity index is 759. The molecule has 0 spiro atoms. The van der Waals surface area contributed by atoms with Crippen molar-refractivity contribution in [1.29, 1.82) is 0 Å². The van der Waals surface area contributed by atoms with Gasteiger partial charge in [0.1, 0.15) is 11.5 Å². The highest BCUT2D eigenvalue weighted by molar-refractivity contribution is 6.35. The van der Waals surface area contributed by atoms with Gasteiger partial charge in [-0.3, -0.25) is 9.59 Å². The first-order valence-electron chi connectivity index (χ1n) is 8.43. The molecule has 0 atom stereocenters. The SMILES string of the molecule is COc1ccccc1CNC(=O)C(=O)NCc1ccccc1OC(C)C. The van der Waals surface area contributed by atoms with Crippen LogP contribution in [0.3, 0.4) is 0 Å². The van der Waals surface area contributed by atoms with Gasteiger partial charge in [-0.15, -0.1) is 0 Å². The van der Waals surface area contributed by atoms with Gasteiger partial charge in [-0.2, -0.15) is 0 Å². The molecule has 26 heavy (non-hydrogen) atoms. The molecule has 0 aliphatic rings. The van der Waals surface area contributed by atoms with E-state index in [0.29, 0.717) is 11.5 Å². The van der Waals surface area contributed by atoms with Crippen LogP contribution >= 0.6 is 0 Å².